The third-order valence-electron chi connectivity index (χ3n) is 3.21. The Morgan fingerprint density at radius 1 is 1.13 bits per heavy atom. The highest BCUT2D eigenvalue weighted by Gasteiger charge is 2.12. The molecule has 0 unspecified atom stereocenters. The van der Waals surface area contributed by atoms with Gasteiger partial charge in [0.2, 0.25) is 0 Å². The first-order valence-corrected chi connectivity index (χ1v) is 7.91. The molecule has 0 spiro atoms. The summed E-state index contributed by atoms with van der Waals surface area (Å²) < 4.78 is 11.0. The zero-order chi connectivity index (χ0) is 16.5. The van der Waals surface area contributed by atoms with Gasteiger partial charge in [-0.1, -0.05) is 41.9 Å². The first-order valence-electron chi connectivity index (χ1n) is 7.53. The third-order valence-corrected chi connectivity index (χ3v) is 3.58. The summed E-state index contributed by atoms with van der Waals surface area (Å²) in [6.45, 7) is 3.81. The van der Waals surface area contributed by atoms with Crippen molar-refractivity contribution in [1.29, 1.82) is 0 Å². The van der Waals surface area contributed by atoms with Crippen LogP contribution in [-0.4, -0.2) is 25.7 Å². The lowest BCUT2D eigenvalue weighted by Gasteiger charge is -2.12. The minimum absolute atomic E-state index is 0.181. The highest BCUT2D eigenvalue weighted by Crippen LogP contribution is 2.21. The Morgan fingerprint density at radius 2 is 1.87 bits per heavy atom. The van der Waals surface area contributed by atoms with E-state index in [-0.39, 0.29) is 5.91 Å². The number of carbonyl (C=O) groups is 1. The Hall–Kier alpha value is -2.04. The van der Waals surface area contributed by atoms with Gasteiger partial charge in [-0.2, -0.15) is 0 Å². The number of benzene rings is 2. The Labute approximate surface area is 141 Å². The van der Waals surface area contributed by atoms with Gasteiger partial charge in [-0.25, -0.2) is 0 Å². The van der Waals surface area contributed by atoms with Crippen molar-refractivity contribution in [3.63, 3.8) is 0 Å². The maximum atomic E-state index is 12.2. The summed E-state index contributed by atoms with van der Waals surface area (Å²) in [5.41, 5.74) is 1.37. The molecule has 2 aromatic rings. The first kappa shape index (κ1) is 17.3. The smallest absolute Gasteiger partial charge is 0.255 e. The van der Waals surface area contributed by atoms with E-state index in [1.807, 2.05) is 37.3 Å². The van der Waals surface area contributed by atoms with Crippen molar-refractivity contribution in [2.45, 2.75) is 13.5 Å². The molecule has 2 rings (SSSR count). The van der Waals surface area contributed by atoms with E-state index in [0.29, 0.717) is 42.7 Å². The molecule has 0 atom stereocenters. The van der Waals surface area contributed by atoms with Gasteiger partial charge in [-0.15, -0.1) is 0 Å². The van der Waals surface area contributed by atoms with Gasteiger partial charge in [-0.05, 0) is 25.1 Å². The summed E-state index contributed by atoms with van der Waals surface area (Å²) in [7, 11) is 0. The number of hydrogen-bond donors (Lipinski definition) is 1. The number of rotatable bonds is 8. The summed E-state index contributed by atoms with van der Waals surface area (Å²) in [5, 5.41) is 3.46. The highest BCUT2D eigenvalue weighted by molar-refractivity contribution is 6.31. The average Bonchev–Trinajstić information content (AvgIpc) is 2.58. The summed E-state index contributed by atoms with van der Waals surface area (Å²) in [5.74, 6) is 0.348. The molecule has 23 heavy (non-hydrogen) atoms. The number of halogens is 1. The molecule has 4 nitrogen and oxygen atoms in total. The fourth-order valence-electron chi connectivity index (χ4n) is 2.03. The van der Waals surface area contributed by atoms with Crippen LogP contribution in [0.25, 0.3) is 0 Å². The molecular formula is C18H20ClNO3. The van der Waals surface area contributed by atoms with Gasteiger partial charge in [0.15, 0.2) is 0 Å². The largest absolute Gasteiger partial charge is 0.488 e. The van der Waals surface area contributed by atoms with E-state index < -0.39 is 0 Å². The predicted octanol–water partition coefficient (Wildman–Crippen LogP) is 3.69. The standard InChI is InChI=1S/C18H20ClNO3/c1-2-22-12-11-20-18(21)15-8-4-6-10-17(15)23-13-14-7-3-5-9-16(14)19/h3-10H,2,11-13H2,1H3,(H,20,21). The van der Waals surface area contributed by atoms with Crippen LogP contribution in [0.15, 0.2) is 48.5 Å². The Balaban J connectivity index is 2.00. The summed E-state index contributed by atoms with van der Waals surface area (Å²) in [4.78, 5) is 12.2. The van der Waals surface area contributed by atoms with Crippen molar-refractivity contribution >= 4 is 17.5 Å². The maximum Gasteiger partial charge on any atom is 0.255 e. The van der Waals surface area contributed by atoms with Crippen LogP contribution in [0.2, 0.25) is 5.02 Å². The maximum absolute atomic E-state index is 12.2. The van der Waals surface area contributed by atoms with Gasteiger partial charge in [0.25, 0.3) is 5.91 Å². The molecular weight excluding hydrogens is 314 g/mol. The van der Waals surface area contributed by atoms with Gasteiger partial charge < -0.3 is 14.8 Å². The second-order valence-corrected chi connectivity index (χ2v) is 5.24. The third kappa shape index (κ3) is 5.27. The van der Waals surface area contributed by atoms with Crippen LogP contribution < -0.4 is 10.1 Å². The average molecular weight is 334 g/mol. The van der Waals surface area contributed by atoms with Crippen LogP contribution in [0.1, 0.15) is 22.8 Å². The van der Waals surface area contributed by atoms with E-state index in [0.717, 1.165) is 5.56 Å². The Bertz CT molecular complexity index is 646. The molecule has 0 fully saturated rings. The van der Waals surface area contributed by atoms with Crippen molar-refractivity contribution in [3.8, 4) is 5.75 Å². The van der Waals surface area contributed by atoms with Gasteiger partial charge in [0.05, 0.1) is 12.2 Å². The fraction of sp³-hybridized carbons (Fsp3) is 0.278. The summed E-state index contributed by atoms with van der Waals surface area (Å²) >= 11 is 6.12. The number of nitrogens with one attached hydrogen (secondary N) is 1. The second kappa shape index (κ2) is 9.18. The fourth-order valence-corrected chi connectivity index (χ4v) is 2.22. The molecule has 0 saturated carbocycles. The van der Waals surface area contributed by atoms with Crippen molar-refractivity contribution < 1.29 is 14.3 Å². The molecule has 0 heterocycles. The lowest BCUT2D eigenvalue weighted by atomic mass is 10.2. The van der Waals surface area contributed by atoms with Gasteiger partial charge >= 0.3 is 0 Å². The van der Waals surface area contributed by atoms with Crippen molar-refractivity contribution in [2.75, 3.05) is 19.8 Å². The van der Waals surface area contributed by atoms with E-state index in [1.54, 1.807) is 18.2 Å². The number of ether oxygens (including phenoxy) is 2. The van der Waals surface area contributed by atoms with E-state index in [9.17, 15) is 4.79 Å². The molecule has 2 aromatic carbocycles. The number of para-hydroxylation sites is 1. The molecule has 1 N–H and O–H groups in total. The first-order chi connectivity index (χ1) is 11.2. The second-order valence-electron chi connectivity index (χ2n) is 4.83. The van der Waals surface area contributed by atoms with Crippen molar-refractivity contribution in [1.82, 2.24) is 5.32 Å². The van der Waals surface area contributed by atoms with E-state index in [2.05, 4.69) is 5.32 Å². The molecule has 0 radical (unpaired) electrons. The Kier molecular flexibility index (Phi) is 6.91. The minimum atomic E-state index is -0.181. The van der Waals surface area contributed by atoms with Crippen LogP contribution in [0.5, 0.6) is 5.75 Å². The lowest BCUT2D eigenvalue weighted by Crippen LogP contribution is -2.27. The zero-order valence-electron chi connectivity index (χ0n) is 13.0. The molecule has 0 aliphatic heterocycles. The highest BCUT2D eigenvalue weighted by atomic mass is 35.5. The molecule has 0 aliphatic rings. The van der Waals surface area contributed by atoms with Gasteiger partial charge in [0.1, 0.15) is 12.4 Å². The molecule has 5 heteroatoms. The normalized spacial score (nSPS) is 10.3. The lowest BCUT2D eigenvalue weighted by molar-refractivity contribution is 0.0918. The topological polar surface area (TPSA) is 47.6 Å². The molecule has 0 bridgehead atoms. The van der Waals surface area contributed by atoms with E-state index in [4.69, 9.17) is 21.1 Å². The van der Waals surface area contributed by atoms with Gasteiger partial charge in [-0.3, -0.25) is 4.79 Å². The number of amides is 1. The van der Waals surface area contributed by atoms with E-state index in [1.165, 1.54) is 0 Å². The zero-order valence-corrected chi connectivity index (χ0v) is 13.8. The van der Waals surface area contributed by atoms with Crippen LogP contribution >= 0.6 is 11.6 Å². The van der Waals surface area contributed by atoms with Crippen LogP contribution in [0.3, 0.4) is 0 Å². The summed E-state index contributed by atoms with van der Waals surface area (Å²) in [6.07, 6.45) is 0. The molecule has 122 valence electrons. The molecule has 0 saturated heterocycles. The number of hydrogen-bond acceptors (Lipinski definition) is 3. The number of carbonyl (C=O) groups excluding carboxylic acids is 1. The molecule has 0 aliphatic carbocycles. The van der Waals surface area contributed by atoms with Crippen molar-refractivity contribution in [2.24, 2.45) is 0 Å². The summed E-state index contributed by atoms with van der Waals surface area (Å²) in [6, 6.07) is 14.6. The SMILES string of the molecule is CCOCCNC(=O)c1ccccc1OCc1ccccc1Cl. The van der Waals surface area contributed by atoms with Crippen LogP contribution in [-0.2, 0) is 11.3 Å². The molecule has 1 amide bonds. The molecule has 0 aromatic heterocycles. The van der Waals surface area contributed by atoms with E-state index >= 15 is 0 Å². The quantitative estimate of drug-likeness (QED) is 0.749. The minimum Gasteiger partial charge on any atom is -0.488 e. The van der Waals surface area contributed by atoms with Crippen LogP contribution in [0.4, 0.5) is 0 Å². The van der Waals surface area contributed by atoms with Gasteiger partial charge in [0, 0.05) is 23.7 Å². The van der Waals surface area contributed by atoms with Crippen molar-refractivity contribution in [3.05, 3.63) is 64.7 Å². The predicted molar refractivity (Wildman–Crippen MR) is 91.1 cm³/mol. The van der Waals surface area contributed by atoms with Crippen LogP contribution in [0, 0.1) is 0 Å². The Morgan fingerprint density at radius 3 is 2.65 bits per heavy atom. The monoisotopic (exact) mass is 333 g/mol.